The molecule has 9 heteroatoms. The van der Waals surface area contributed by atoms with Crippen molar-refractivity contribution in [1.82, 2.24) is 5.32 Å². The van der Waals surface area contributed by atoms with Crippen molar-refractivity contribution in [3.05, 3.63) is 97.2 Å². The maximum atomic E-state index is 13.0. The molecule has 0 aliphatic heterocycles. The average molecular weight is 1040 g/mol. The van der Waals surface area contributed by atoms with Crippen LogP contribution in [0.4, 0.5) is 0 Å². The van der Waals surface area contributed by atoms with E-state index in [0.717, 1.165) is 83.5 Å². The van der Waals surface area contributed by atoms with Gasteiger partial charge < -0.3 is 19.8 Å². The molecule has 422 valence electrons. The molecule has 3 unspecified atom stereocenters. The molecular weight excluding hydrogens is 924 g/mol. The van der Waals surface area contributed by atoms with E-state index < -0.39 is 20.0 Å². The molecule has 0 rings (SSSR count). The van der Waals surface area contributed by atoms with Gasteiger partial charge >= 0.3 is 7.82 Å². The predicted molar refractivity (Wildman–Crippen MR) is 318 cm³/mol. The van der Waals surface area contributed by atoms with Gasteiger partial charge in [-0.15, -0.1) is 0 Å². The smallest absolute Gasteiger partial charge is 0.387 e. The van der Waals surface area contributed by atoms with E-state index in [1.165, 1.54) is 148 Å². The summed E-state index contributed by atoms with van der Waals surface area (Å²) < 4.78 is 23.7. The van der Waals surface area contributed by atoms with Crippen LogP contribution in [-0.2, 0) is 18.4 Å². The summed E-state index contributed by atoms with van der Waals surface area (Å²) >= 11 is 0. The first-order valence-electron chi connectivity index (χ1n) is 30.1. The van der Waals surface area contributed by atoms with Gasteiger partial charge in [0.1, 0.15) is 13.2 Å². The zero-order valence-electron chi connectivity index (χ0n) is 48.1. The minimum absolute atomic E-state index is 0.0574. The summed E-state index contributed by atoms with van der Waals surface area (Å²) in [4.78, 5) is 23.3. The molecule has 1 amide bonds. The lowest BCUT2D eigenvalue weighted by atomic mass is 10.0. The zero-order chi connectivity index (χ0) is 53.5. The van der Waals surface area contributed by atoms with E-state index in [0.29, 0.717) is 17.4 Å². The molecule has 0 radical (unpaired) electrons. The van der Waals surface area contributed by atoms with Crippen molar-refractivity contribution in [2.24, 2.45) is 0 Å². The Morgan fingerprint density at radius 1 is 0.479 bits per heavy atom. The molecule has 0 aliphatic rings. The summed E-state index contributed by atoms with van der Waals surface area (Å²) in [5.41, 5.74) is 0. The SMILES string of the molecule is CC/C=C\C/C=C\C/C=C\C/C=C\C/C=C\C/C=C\C/C=C\CCCCCCCCCCCCCC(=O)NC(COP(=O)(O)OCC[N+](C)(C)C)C(O)/C=C/CCCCCCCCCCCCCCCCCC. The maximum Gasteiger partial charge on any atom is 0.472 e. The standard InChI is InChI=1S/C64H115N2O6P/c1-6-8-10-12-14-16-18-20-22-24-26-27-28-29-30-31-32-33-34-35-36-37-38-39-40-42-44-46-48-50-52-54-56-58-64(68)65-62(61-72-73(69,70)71-60-59-66(3,4)5)63(67)57-55-53-51-49-47-45-43-41-25-23-21-19-17-15-13-11-9-7-2/h8,10,14,16,20,22,26-27,29-30,32-33,35-36,55,57,62-63,67H,6-7,9,11-13,15,17-19,21,23-25,28,31,34,37-54,56,58-61H2,1-5H3,(H-,65,68,69,70)/p+1/b10-8-,16-14-,22-20-,27-26-,30-29-,33-32-,36-35-,57-55+. The van der Waals surface area contributed by atoms with Crippen molar-refractivity contribution in [2.75, 3.05) is 40.9 Å². The number of unbranched alkanes of at least 4 members (excludes halogenated alkanes) is 27. The Balaban J connectivity index is 4.17. The molecule has 0 saturated heterocycles. The van der Waals surface area contributed by atoms with E-state index in [4.69, 9.17) is 9.05 Å². The van der Waals surface area contributed by atoms with Crippen molar-refractivity contribution in [3.8, 4) is 0 Å². The number of aliphatic hydroxyl groups excluding tert-OH is 1. The van der Waals surface area contributed by atoms with Gasteiger partial charge in [0.25, 0.3) is 0 Å². The Hall–Kier alpha value is -2.58. The van der Waals surface area contributed by atoms with Crippen LogP contribution in [0.5, 0.6) is 0 Å². The van der Waals surface area contributed by atoms with Crippen LogP contribution < -0.4 is 5.32 Å². The monoisotopic (exact) mass is 1040 g/mol. The third-order valence-corrected chi connectivity index (χ3v) is 14.0. The van der Waals surface area contributed by atoms with Gasteiger partial charge in [-0.3, -0.25) is 13.8 Å². The van der Waals surface area contributed by atoms with E-state index in [2.05, 4.69) is 104 Å². The number of hydrogen-bond acceptors (Lipinski definition) is 5. The van der Waals surface area contributed by atoms with Gasteiger partial charge in [-0.2, -0.15) is 0 Å². The Bertz CT molecular complexity index is 1510. The highest BCUT2D eigenvalue weighted by molar-refractivity contribution is 7.47. The van der Waals surface area contributed by atoms with Crippen LogP contribution in [0.25, 0.3) is 0 Å². The fraction of sp³-hybridized carbons (Fsp3) is 0.734. The molecule has 3 N–H and O–H groups in total. The number of phosphoric acid groups is 1. The highest BCUT2D eigenvalue weighted by Crippen LogP contribution is 2.43. The molecule has 0 saturated carbocycles. The minimum atomic E-state index is -4.35. The number of phosphoric ester groups is 1. The largest absolute Gasteiger partial charge is 0.472 e. The Labute approximate surface area is 451 Å². The second-order valence-corrected chi connectivity index (χ2v) is 22.8. The second kappa shape index (κ2) is 54.2. The molecule has 3 atom stereocenters. The quantitative estimate of drug-likeness (QED) is 0.0243. The molecule has 0 aromatic rings. The third kappa shape index (κ3) is 57.0. The number of aliphatic hydroxyl groups is 1. The topological polar surface area (TPSA) is 105 Å². The number of carbonyl (C=O) groups is 1. The van der Waals surface area contributed by atoms with E-state index in [-0.39, 0.29) is 19.1 Å². The number of hydrogen-bond donors (Lipinski definition) is 3. The van der Waals surface area contributed by atoms with Gasteiger partial charge in [0.15, 0.2) is 0 Å². The lowest BCUT2D eigenvalue weighted by Crippen LogP contribution is -2.45. The van der Waals surface area contributed by atoms with Crippen LogP contribution in [-0.4, -0.2) is 73.4 Å². The summed E-state index contributed by atoms with van der Waals surface area (Å²) in [5, 5.41) is 13.9. The number of carbonyl (C=O) groups excluding carboxylic acids is 1. The van der Waals surface area contributed by atoms with E-state index in [9.17, 15) is 19.4 Å². The van der Waals surface area contributed by atoms with Gasteiger partial charge in [0.2, 0.25) is 5.91 Å². The molecule has 0 aromatic heterocycles. The lowest BCUT2D eigenvalue weighted by molar-refractivity contribution is -0.870. The van der Waals surface area contributed by atoms with Crippen molar-refractivity contribution < 1.29 is 32.9 Å². The highest BCUT2D eigenvalue weighted by atomic mass is 31.2. The van der Waals surface area contributed by atoms with Crippen LogP contribution >= 0.6 is 7.82 Å². The number of amides is 1. The van der Waals surface area contributed by atoms with Gasteiger partial charge in [-0.1, -0.05) is 265 Å². The number of quaternary nitrogens is 1. The average Bonchev–Trinajstić information content (AvgIpc) is 3.35. The fourth-order valence-corrected chi connectivity index (χ4v) is 9.11. The number of likely N-dealkylation sites (N-methyl/N-ethyl adjacent to an activating group) is 1. The Morgan fingerprint density at radius 3 is 1.21 bits per heavy atom. The van der Waals surface area contributed by atoms with Crippen LogP contribution in [0.15, 0.2) is 97.2 Å². The lowest BCUT2D eigenvalue weighted by Gasteiger charge is -2.25. The van der Waals surface area contributed by atoms with Crippen molar-refractivity contribution in [3.63, 3.8) is 0 Å². The summed E-state index contributed by atoms with van der Waals surface area (Å²) in [6.45, 7) is 4.71. The number of allylic oxidation sites excluding steroid dienone is 15. The van der Waals surface area contributed by atoms with Crippen molar-refractivity contribution >= 4 is 13.7 Å². The zero-order valence-corrected chi connectivity index (χ0v) is 49.0. The normalized spacial score (nSPS) is 14.6. The molecular formula is C64H116N2O6P+. The van der Waals surface area contributed by atoms with E-state index >= 15 is 0 Å². The molecule has 0 fully saturated rings. The predicted octanol–water partition coefficient (Wildman–Crippen LogP) is 18.6. The molecule has 0 heterocycles. The molecule has 0 bridgehead atoms. The summed E-state index contributed by atoms with van der Waals surface area (Å²) in [5.74, 6) is -0.182. The van der Waals surface area contributed by atoms with Crippen LogP contribution in [0, 0.1) is 0 Å². The Kier molecular flexibility index (Phi) is 52.3. The van der Waals surface area contributed by atoms with Gasteiger partial charge in [0.05, 0.1) is 39.9 Å². The van der Waals surface area contributed by atoms with Crippen LogP contribution in [0.1, 0.15) is 251 Å². The van der Waals surface area contributed by atoms with Gasteiger partial charge in [0, 0.05) is 6.42 Å². The van der Waals surface area contributed by atoms with Crippen molar-refractivity contribution in [2.45, 2.75) is 264 Å². The molecule has 73 heavy (non-hydrogen) atoms. The molecule has 0 spiro atoms. The summed E-state index contributed by atoms with van der Waals surface area (Å²) in [6.07, 6.45) is 77.9. The summed E-state index contributed by atoms with van der Waals surface area (Å²) in [7, 11) is 1.56. The fourth-order valence-electron chi connectivity index (χ4n) is 8.38. The number of rotatable bonds is 54. The summed E-state index contributed by atoms with van der Waals surface area (Å²) in [6, 6.07) is -0.854. The van der Waals surface area contributed by atoms with Crippen LogP contribution in [0.2, 0.25) is 0 Å². The van der Waals surface area contributed by atoms with Gasteiger partial charge in [-0.25, -0.2) is 4.57 Å². The Morgan fingerprint density at radius 2 is 0.822 bits per heavy atom. The minimum Gasteiger partial charge on any atom is -0.387 e. The van der Waals surface area contributed by atoms with Gasteiger partial charge in [-0.05, 0) is 77.0 Å². The number of nitrogens with one attached hydrogen (secondary N) is 1. The first kappa shape index (κ1) is 70.4. The molecule has 0 aliphatic carbocycles. The first-order chi connectivity index (χ1) is 35.5. The highest BCUT2D eigenvalue weighted by Gasteiger charge is 2.27. The van der Waals surface area contributed by atoms with Crippen molar-refractivity contribution in [1.29, 1.82) is 0 Å². The van der Waals surface area contributed by atoms with E-state index in [1.807, 2.05) is 27.2 Å². The molecule has 0 aromatic carbocycles. The first-order valence-corrected chi connectivity index (χ1v) is 31.6. The maximum absolute atomic E-state index is 13.0. The van der Waals surface area contributed by atoms with Crippen LogP contribution in [0.3, 0.4) is 0 Å². The number of nitrogens with zero attached hydrogens (tertiary/aromatic N) is 1. The molecule has 8 nitrogen and oxygen atoms in total. The van der Waals surface area contributed by atoms with E-state index in [1.54, 1.807) is 6.08 Å². The third-order valence-electron chi connectivity index (χ3n) is 13.1. The second-order valence-electron chi connectivity index (χ2n) is 21.3.